The number of carbonyl (C=O) groups is 1. The van der Waals surface area contributed by atoms with Gasteiger partial charge in [-0.1, -0.05) is 49.4 Å². The molecule has 0 atom stereocenters. The Morgan fingerprint density at radius 2 is 1.92 bits per heavy atom. The lowest BCUT2D eigenvalue weighted by atomic mass is 10.2. The first-order valence-electron chi connectivity index (χ1n) is 8.33. The molecule has 0 aliphatic carbocycles. The first kappa shape index (κ1) is 17.4. The highest BCUT2D eigenvalue weighted by molar-refractivity contribution is 7.22. The molecule has 130 valence electrons. The van der Waals surface area contributed by atoms with Crippen molar-refractivity contribution in [3.63, 3.8) is 0 Å². The van der Waals surface area contributed by atoms with Crippen molar-refractivity contribution >= 4 is 32.8 Å². The fourth-order valence-corrected chi connectivity index (χ4v) is 3.45. The molecule has 0 saturated carbocycles. The van der Waals surface area contributed by atoms with Gasteiger partial charge in [0.2, 0.25) is 0 Å². The summed E-state index contributed by atoms with van der Waals surface area (Å²) in [6.07, 6.45) is -0.534. The monoisotopic (exact) mass is 355 g/mol. The predicted molar refractivity (Wildman–Crippen MR) is 102 cm³/mol. The van der Waals surface area contributed by atoms with E-state index in [4.69, 9.17) is 4.74 Å². The Balaban J connectivity index is 1.69. The molecule has 5 nitrogen and oxygen atoms in total. The fraction of sp³-hybridized carbons (Fsp3) is 0.263. The number of fused-ring (bicyclic) bond motifs is 1. The zero-order valence-electron chi connectivity index (χ0n) is 14.4. The van der Waals surface area contributed by atoms with Crippen LogP contribution in [-0.4, -0.2) is 29.1 Å². The summed E-state index contributed by atoms with van der Waals surface area (Å²) in [5.74, 6) is 0.502. The fourth-order valence-electron chi connectivity index (χ4n) is 2.53. The number of benzene rings is 2. The number of hydrogen-bond donors (Lipinski definition) is 1. The Morgan fingerprint density at radius 1 is 1.16 bits per heavy atom. The molecule has 0 aliphatic rings. The van der Waals surface area contributed by atoms with Crippen LogP contribution in [0.15, 0.2) is 48.5 Å². The van der Waals surface area contributed by atoms with E-state index in [0.717, 1.165) is 29.9 Å². The van der Waals surface area contributed by atoms with Crippen molar-refractivity contribution < 1.29 is 9.53 Å². The molecule has 0 unspecified atom stereocenters. The summed E-state index contributed by atoms with van der Waals surface area (Å²) in [5, 5.41) is 3.24. The molecule has 0 aliphatic heterocycles. The van der Waals surface area contributed by atoms with Gasteiger partial charge in [-0.2, -0.15) is 0 Å². The van der Waals surface area contributed by atoms with Gasteiger partial charge in [0.25, 0.3) is 0 Å². The standard InChI is InChI=1S/C19H21N3O2S/c1-3-22(4-2)13-14-10-11-16-17(12-14)25-18(20-16)21-19(23)24-15-8-6-5-7-9-15/h5-12H,3-4,13H2,1-2H3,(H,20,21,23). The first-order chi connectivity index (χ1) is 12.2. The highest BCUT2D eigenvalue weighted by atomic mass is 32.1. The van der Waals surface area contributed by atoms with Gasteiger partial charge < -0.3 is 4.74 Å². The maximum absolute atomic E-state index is 12.0. The van der Waals surface area contributed by atoms with Crippen LogP contribution in [0.25, 0.3) is 10.2 Å². The maximum atomic E-state index is 12.0. The summed E-state index contributed by atoms with van der Waals surface area (Å²) in [7, 11) is 0. The third-order valence-corrected chi connectivity index (χ3v) is 4.85. The molecule has 0 fully saturated rings. The van der Waals surface area contributed by atoms with E-state index in [2.05, 4.69) is 41.2 Å². The van der Waals surface area contributed by atoms with Crippen LogP contribution in [0.4, 0.5) is 9.93 Å². The second kappa shape index (κ2) is 8.09. The highest BCUT2D eigenvalue weighted by Crippen LogP contribution is 2.27. The molecule has 1 N–H and O–H groups in total. The van der Waals surface area contributed by atoms with E-state index in [1.807, 2.05) is 24.3 Å². The lowest BCUT2D eigenvalue weighted by Gasteiger charge is -2.17. The SMILES string of the molecule is CCN(CC)Cc1ccc2nc(NC(=O)Oc3ccccc3)sc2c1. The van der Waals surface area contributed by atoms with Crippen LogP contribution in [0.5, 0.6) is 5.75 Å². The molecule has 1 amide bonds. The summed E-state index contributed by atoms with van der Waals surface area (Å²) in [5.41, 5.74) is 2.13. The van der Waals surface area contributed by atoms with E-state index in [1.54, 1.807) is 12.1 Å². The number of thiazole rings is 1. The zero-order valence-corrected chi connectivity index (χ0v) is 15.2. The van der Waals surface area contributed by atoms with Gasteiger partial charge in [-0.05, 0) is 42.9 Å². The molecular formula is C19H21N3O2S. The molecule has 2 aromatic carbocycles. The Hall–Kier alpha value is -2.44. The minimum atomic E-state index is -0.534. The molecule has 0 saturated heterocycles. The second-order valence-corrected chi connectivity index (χ2v) is 6.64. The van der Waals surface area contributed by atoms with E-state index in [-0.39, 0.29) is 0 Å². The number of aromatic nitrogens is 1. The number of para-hydroxylation sites is 1. The number of nitrogens with zero attached hydrogens (tertiary/aromatic N) is 2. The lowest BCUT2D eigenvalue weighted by molar-refractivity contribution is 0.215. The molecule has 25 heavy (non-hydrogen) atoms. The van der Waals surface area contributed by atoms with E-state index < -0.39 is 6.09 Å². The minimum absolute atomic E-state index is 0.502. The molecule has 1 heterocycles. The van der Waals surface area contributed by atoms with Gasteiger partial charge in [-0.15, -0.1) is 0 Å². The molecular weight excluding hydrogens is 334 g/mol. The third kappa shape index (κ3) is 4.55. The normalized spacial score (nSPS) is 11.0. The predicted octanol–water partition coefficient (Wildman–Crippen LogP) is 4.75. The number of hydrogen-bond acceptors (Lipinski definition) is 5. The lowest BCUT2D eigenvalue weighted by Crippen LogP contribution is -2.21. The van der Waals surface area contributed by atoms with Crippen LogP contribution in [0.1, 0.15) is 19.4 Å². The van der Waals surface area contributed by atoms with Gasteiger partial charge in [0.1, 0.15) is 5.75 Å². The number of rotatable bonds is 6. The number of carbonyl (C=O) groups excluding carboxylic acids is 1. The minimum Gasteiger partial charge on any atom is -0.410 e. The van der Waals surface area contributed by atoms with Crippen LogP contribution in [-0.2, 0) is 6.54 Å². The quantitative estimate of drug-likeness (QED) is 0.693. The van der Waals surface area contributed by atoms with Crippen LogP contribution < -0.4 is 10.1 Å². The molecule has 3 aromatic rings. The van der Waals surface area contributed by atoms with Crippen molar-refractivity contribution in [1.29, 1.82) is 0 Å². The Kier molecular flexibility index (Phi) is 5.63. The largest absolute Gasteiger partial charge is 0.418 e. The topological polar surface area (TPSA) is 54.5 Å². The van der Waals surface area contributed by atoms with Crippen molar-refractivity contribution in [3.8, 4) is 5.75 Å². The average molecular weight is 355 g/mol. The van der Waals surface area contributed by atoms with E-state index in [0.29, 0.717) is 10.9 Å². The molecule has 1 aromatic heterocycles. The Morgan fingerprint density at radius 3 is 2.64 bits per heavy atom. The zero-order chi connectivity index (χ0) is 17.6. The highest BCUT2D eigenvalue weighted by Gasteiger charge is 2.10. The molecule has 6 heteroatoms. The van der Waals surface area contributed by atoms with Crippen molar-refractivity contribution in [3.05, 3.63) is 54.1 Å². The van der Waals surface area contributed by atoms with Crippen molar-refractivity contribution in [1.82, 2.24) is 9.88 Å². The van der Waals surface area contributed by atoms with Gasteiger partial charge in [-0.3, -0.25) is 10.2 Å². The van der Waals surface area contributed by atoms with Crippen molar-refractivity contribution in [2.45, 2.75) is 20.4 Å². The summed E-state index contributed by atoms with van der Waals surface area (Å²) in [6, 6.07) is 15.2. The average Bonchev–Trinajstić information content (AvgIpc) is 3.01. The summed E-state index contributed by atoms with van der Waals surface area (Å²) >= 11 is 1.45. The molecule has 0 spiro atoms. The molecule has 0 bridgehead atoms. The first-order valence-corrected chi connectivity index (χ1v) is 9.15. The Bertz CT molecular complexity index is 844. The van der Waals surface area contributed by atoms with E-state index >= 15 is 0 Å². The van der Waals surface area contributed by atoms with Crippen LogP contribution in [0, 0.1) is 0 Å². The molecule has 3 rings (SSSR count). The van der Waals surface area contributed by atoms with Gasteiger partial charge in [0, 0.05) is 6.54 Å². The number of amides is 1. The van der Waals surface area contributed by atoms with Crippen molar-refractivity contribution in [2.24, 2.45) is 0 Å². The van der Waals surface area contributed by atoms with Gasteiger partial charge in [-0.25, -0.2) is 9.78 Å². The summed E-state index contributed by atoms with van der Waals surface area (Å²) in [4.78, 5) is 18.8. The summed E-state index contributed by atoms with van der Waals surface area (Å²) in [6.45, 7) is 7.29. The van der Waals surface area contributed by atoms with E-state index in [9.17, 15) is 4.79 Å². The second-order valence-electron chi connectivity index (χ2n) is 5.61. The summed E-state index contributed by atoms with van der Waals surface area (Å²) < 4.78 is 6.28. The van der Waals surface area contributed by atoms with Gasteiger partial charge in [0.05, 0.1) is 10.2 Å². The van der Waals surface area contributed by atoms with Crippen LogP contribution >= 0.6 is 11.3 Å². The van der Waals surface area contributed by atoms with Crippen LogP contribution in [0.2, 0.25) is 0 Å². The molecule has 0 radical (unpaired) electrons. The number of anilines is 1. The van der Waals surface area contributed by atoms with Gasteiger partial charge in [0.15, 0.2) is 5.13 Å². The Labute approximate surface area is 151 Å². The smallest absolute Gasteiger partial charge is 0.410 e. The number of nitrogens with one attached hydrogen (secondary N) is 1. The van der Waals surface area contributed by atoms with E-state index in [1.165, 1.54) is 16.9 Å². The maximum Gasteiger partial charge on any atom is 0.418 e. The van der Waals surface area contributed by atoms with Crippen LogP contribution in [0.3, 0.4) is 0 Å². The number of ether oxygens (including phenoxy) is 1. The third-order valence-electron chi connectivity index (χ3n) is 3.92. The van der Waals surface area contributed by atoms with Gasteiger partial charge >= 0.3 is 6.09 Å². The van der Waals surface area contributed by atoms with Crippen molar-refractivity contribution in [2.75, 3.05) is 18.4 Å².